The Morgan fingerprint density at radius 3 is 2.67 bits per heavy atom. The minimum atomic E-state index is -0.679. The molecule has 1 aliphatic rings. The van der Waals surface area contributed by atoms with E-state index < -0.39 is 5.97 Å². The number of hydrogen-bond donors (Lipinski definition) is 1. The Balaban J connectivity index is 1.49. The molecule has 0 aliphatic carbocycles. The van der Waals surface area contributed by atoms with Gasteiger partial charge in [-0.3, -0.25) is 9.69 Å². The summed E-state index contributed by atoms with van der Waals surface area (Å²) in [5, 5.41) is 9.34. The van der Waals surface area contributed by atoms with Gasteiger partial charge in [0.25, 0.3) is 0 Å². The van der Waals surface area contributed by atoms with Crippen molar-refractivity contribution in [2.45, 2.75) is 32.7 Å². The Morgan fingerprint density at radius 1 is 1.11 bits per heavy atom. The number of nitrogens with zero attached hydrogens (tertiary/aromatic N) is 1. The van der Waals surface area contributed by atoms with Gasteiger partial charge in [0, 0.05) is 19.6 Å². The zero-order valence-corrected chi connectivity index (χ0v) is 16.0. The molecule has 2 atom stereocenters. The molecule has 144 valence electrons. The summed E-state index contributed by atoms with van der Waals surface area (Å²) in [5.41, 5.74) is 2.51. The van der Waals surface area contributed by atoms with Gasteiger partial charge in [-0.1, -0.05) is 49.4 Å². The fourth-order valence-electron chi connectivity index (χ4n) is 3.87. The fourth-order valence-corrected chi connectivity index (χ4v) is 3.87. The van der Waals surface area contributed by atoms with Crippen molar-refractivity contribution < 1.29 is 14.6 Å². The summed E-state index contributed by atoms with van der Waals surface area (Å²) < 4.78 is 5.93. The van der Waals surface area contributed by atoms with Gasteiger partial charge in [-0.05, 0) is 48.4 Å². The second-order valence-electron chi connectivity index (χ2n) is 7.66. The Bertz CT molecular complexity index is 731. The molecule has 0 bridgehead atoms. The lowest BCUT2D eigenvalue weighted by Crippen LogP contribution is -2.41. The van der Waals surface area contributed by atoms with Gasteiger partial charge in [0.2, 0.25) is 0 Å². The Labute approximate surface area is 161 Å². The van der Waals surface area contributed by atoms with Crippen molar-refractivity contribution in [2.75, 3.05) is 19.7 Å². The van der Waals surface area contributed by atoms with Gasteiger partial charge in [-0.25, -0.2) is 0 Å². The molecule has 1 heterocycles. The van der Waals surface area contributed by atoms with Gasteiger partial charge >= 0.3 is 5.97 Å². The van der Waals surface area contributed by atoms with E-state index in [1.54, 1.807) is 0 Å². The molecule has 0 radical (unpaired) electrons. The highest BCUT2D eigenvalue weighted by atomic mass is 16.5. The number of piperidine rings is 1. The molecule has 2 unspecified atom stereocenters. The number of carboxylic acids is 1. The van der Waals surface area contributed by atoms with Crippen LogP contribution in [0.2, 0.25) is 0 Å². The van der Waals surface area contributed by atoms with Gasteiger partial charge in [0.15, 0.2) is 0 Å². The number of carbonyl (C=O) groups is 1. The molecule has 1 fully saturated rings. The van der Waals surface area contributed by atoms with Crippen molar-refractivity contribution in [2.24, 2.45) is 11.8 Å². The van der Waals surface area contributed by atoms with E-state index in [2.05, 4.69) is 48.2 Å². The first-order chi connectivity index (χ1) is 13.1. The normalized spacial score (nSPS) is 20.3. The molecular weight excluding hydrogens is 338 g/mol. The van der Waals surface area contributed by atoms with E-state index in [1.807, 2.05) is 18.2 Å². The highest BCUT2D eigenvalue weighted by molar-refractivity contribution is 5.70. The van der Waals surface area contributed by atoms with Crippen LogP contribution in [0, 0.1) is 11.8 Å². The molecule has 0 amide bonds. The smallest absolute Gasteiger partial charge is 0.307 e. The zero-order valence-electron chi connectivity index (χ0n) is 16.0. The van der Waals surface area contributed by atoms with Crippen LogP contribution < -0.4 is 4.74 Å². The number of aliphatic carboxylic acids is 1. The van der Waals surface area contributed by atoms with Crippen LogP contribution in [0.25, 0.3) is 0 Å². The molecule has 0 saturated carbocycles. The van der Waals surface area contributed by atoms with E-state index in [9.17, 15) is 9.90 Å². The second-order valence-corrected chi connectivity index (χ2v) is 7.66. The van der Waals surface area contributed by atoms with Crippen LogP contribution in [0.5, 0.6) is 5.75 Å². The van der Waals surface area contributed by atoms with Crippen molar-refractivity contribution in [1.29, 1.82) is 0 Å². The number of hydrogen-bond acceptors (Lipinski definition) is 3. The molecule has 1 saturated heterocycles. The Hall–Kier alpha value is -2.33. The lowest BCUT2D eigenvalue weighted by molar-refractivity contribution is -0.144. The third-order valence-corrected chi connectivity index (χ3v) is 5.11. The predicted molar refractivity (Wildman–Crippen MR) is 107 cm³/mol. The second kappa shape index (κ2) is 9.56. The lowest BCUT2D eigenvalue weighted by Gasteiger charge is -2.34. The zero-order chi connectivity index (χ0) is 19.1. The average Bonchev–Trinajstić information content (AvgIpc) is 2.66. The maximum atomic E-state index is 11.4. The van der Waals surface area contributed by atoms with Crippen molar-refractivity contribution >= 4 is 5.97 Å². The Morgan fingerprint density at radius 2 is 1.89 bits per heavy atom. The molecule has 3 rings (SSSR count). The molecular formula is C23H29NO3. The molecule has 1 N–H and O–H groups in total. The number of aryl methyl sites for hydroxylation is 1. The lowest BCUT2D eigenvalue weighted by atomic mass is 9.90. The topological polar surface area (TPSA) is 49.8 Å². The quantitative estimate of drug-likeness (QED) is 0.709. The summed E-state index contributed by atoms with van der Waals surface area (Å²) >= 11 is 0. The van der Waals surface area contributed by atoms with Crippen LogP contribution in [-0.2, 0) is 17.8 Å². The molecule has 2 aromatic rings. The number of rotatable bonds is 8. The SMILES string of the molecule is CC1CC(C(=O)O)CN(Cc2cccc(OCCCc3ccccc3)c2)C1. The number of ether oxygens (including phenoxy) is 1. The first-order valence-corrected chi connectivity index (χ1v) is 9.81. The average molecular weight is 367 g/mol. The molecule has 0 aromatic heterocycles. The highest BCUT2D eigenvalue weighted by Gasteiger charge is 2.29. The van der Waals surface area contributed by atoms with Crippen LogP contribution >= 0.6 is 0 Å². The van der Waals surface area contributed by atoms with Crippen LogP contribution in [-0.4, -0.2) is 35.7 Å². The Kier molecular flexibility index (Phi) is 6.88. The van der Waals surface area contributed by atoms with E-state index in [1.165, 1.54) is 11.1 Å². The molecule has 4 nitrogen and oxygen atoms in total. The summed E-state index contributed by atoms with van der Waals surface area (Å²) in [6, 6.07) is 18.6. The molecule has 4 heteroatoms. The van der Waals surface area contributed by atoms with Crippen LogP contribution in [0.1, 0.15) is 30.9 Å². The summed E-state index contributed by atoms with van der Waals surface area (Å²) in [5.74, 6) is 0.367. The van der Waals surface area contributed by atoms with E-state index >= 15 is 0 Å². The molecule has 1 aliphatic heterocycles. The van der Waals surface area contributed by atoms with Crippen LogP contribution in [0.3, 0.4) is 0 Å². The van der Waals surface area contributed by atoms with Crippen molar-refractivity contribution in [3.63, 3.8) is 0 Å². The first-order valence-electron chi connectivity index (χ1n) is 9.81. The van der Waals surface area contributed by atoms with Gasteiger partial charge in [0.1, 0.15) is 5.75 Å². The molecule has 27 heavy (non-hydrogen) atoms. The largest absolute Gasteiger partial charge is 0.494 e. The molecule has 0 spiro atoms. The van der Waals surface area contributed by atoms with Crippen molar-refractivity contribution in [1.82, 2.24) is 4.90 Å². The number of carboxylic acid groups (broad SMARTS) is 1. The monoisotopic (exact) mass is 367 g/mol. The van der Waals surface area contributed by atoms with Gasteiger partial charge in [0.05, 0.1) is 12.5 Å². The van der Waals surface area contributed by atoms with Crippen molar-refractivity contribution in [3.05, 3.63) is 65.7 Å². The maximum Gasteiger partial charge on any atom is 0.307 e. The summed E-state index contributed by atoms with van der Waals surface area (Å²) in [6.45, 7) is 5.18. The van der Waals surface area contributed by atoms with E-state index in [-0.39, 0.29) is 5.92 Å². The number of benzene rings is 2. The van der Waals surface area contributed by atoms with Crippen molar-refractivity contribution in [3.8, 4) is 5.75 Å². The van der Waals surface area contributed by atoms with Crippen LogP contribution in [0.4, 0.5) is 0 Å². The maximum absolute atomic E-state index is 11.4. The summed E-state index contributed by atoms with van der Waals surface area (Å²) in [6.07, 6.45) is 2.78. The summed E-state index contributed by atoms with van der Waals surface area (Å²) in [4.78, 5) is 13.6. The minimum absolute atomic E-state index is 0.258. The van der Waals surface area contributed by atoms with E-state index in [4.69, 9.17) is 4.74 Å². The van der Waals surface area contributed by atoms with Crippen LogP contribution in [0.15, 0.2) is 54.6 Å². The first kappa shape index (κ1) is 19.4. The standard InChI is InChI=1S/C23H29NO3/c1-18-13-21(23(25)26)17-24(15-18)16-20-9-5-11-22(14-20)27-12-6-10-19-7-3-2-4-8-19/h2-5,7-9,11,14,18,21H,6,10,12-13,15-17H2,1H3,(H,25,26). The molecule has 2 aromatic carbocycles. The predicted octanol–water partition coefficient (Wildman–Crippen LogP) is 4.24. The van der Waals surface area contributed by atoms with Gasteiger partial charge in [-0.2, -0.15) is 0 Å². The number of likely N-dealkylation sites (tertiary alicyclic amines) is 1. The highest BCUT2D eigenvalue weighted by Crippen LogP contribution is 2.24. The third-order valence-electron chi connectivity index (χ3n) is 5.11. The summed E-state index contributed by atoms with van der Waals surface area (Å²) in [7, 11) is 0. The van der Waals surface area contributed by atoms with Gasteiger partial charge < -0.3 is 9.84 Å². The fraction of sp³-hybridized carbons (Fsp3) is 0.435. The van der Waals surface area contributed by atoms with Gasteiger partial charge in [-0.15, -0.1) is 0 Å². The third kappa shape index (κ3) is 6.10. The van der Waals surface area contributed by atoms with E-state index in [0.717, 1.165) is 38.1 Å². The van der Waals surface area contributed by atoms with E-state index in [0.29, 0.717) is 19.1 Å². The minimum Gasteiger partial charge on any atom is -0.494 e.